The van der Waals surface area contributed by atoms with Gasteiger partial charge in [0.15, 0.2) is 17.2 Å². The van der Waals surface area contributed by atoms with Crippen molar-refractivity contribution in [3.63, 3.8) is 0 Å². The van der Waals surface area contributed by atoms with Gasteiger partial charge in [0.2, 0.25) is 18.4 Å². The van der Waals surface area contributed by atoms with Crippen LogP contribution in [0.2, 0.25) is 0 Å². The van der Waals surface area contributed by atoms with E-state index in [1.54, 1.807) is 19.1 Å². The molecular weight excluding hydrogens is 470 g/mol. The van der Waals surface area contributed by atoms with Crippen molar-refractivity contribution < 1.29 is 23.6 Å². The molecule has 1 fully saturated rings. The number of halogens is 1. The minimum Gasteiger partial charge on any atom is -0.454 e. The minimum absolute atomic E-state index is 0. The molecule has 3 N–H and O–H groups in total. The van der Waals surface area contributed by atoms with Crippen LogP contribution in [0.4, 0.5) is 5.82 Å². The first-order chi connectivity index (χ1) is 16.1. The number of aromatic nitrogens is 5. The van der Waals surface area contributed by atoms with Gasteiger partial charge in [0, 0.05) is 25.2 Å². The van der Waals surface area contributed by atoms with Crippen LogP contribution in [0.3, 0.4) is 0 Å². The summed E-state index contributed by atoms with van der Waals surface area (Å²) in [5.41, 5.74) is 10.3. The maximum Gasteiger partial charge on any atom is 0.293 e. The predicted molar refractivity (Wildman–Crippen MR) is 119 cm³/mol. The summed E-state index contributed by atoms with van der Waals surface area (Å²) in [6.45, 7) is 4.89. The lowest BCUT2D eigenvalue weighted by Crippen LogP contribution is -2.37. The molecule has 2 aromatic heterocycles. The molecule has 14 nitrogen and oxygen atoms in total. The van der Waals surface area contributed by atoms with Gasteiger partial charge in [-0.1, -0.05) is 5.21 Å². The summed E-state index contributed by atoms with van der Waals surface area (Å²) in [4.78, 5) is 15.1. The van der Waals surface area contributed by atoms with Gasteiger partial charge in [0.1, 0.15) is 0 Å². The highest BCUT2D eigenvalue weighted by Crippen LogP contribution is 2.32. The number of hydrazone groups is 1. The number of ether oxygens (including phenoxy) is 3. The highest BCUT2D eigenvalue weighted by atomic mass is 35.5. The van der Waals surface area contributed by atoms with E-state index in [0.717, 1.165) is 5.56 Å². The molecule has 3 aromatic rings. The molecule has 1 aromatic carbocycles. The van der Waals surface area contributed by atoms with Gasteiger partial charge in [-0.15, -0.1) is 17.5 Å². The lowest BCUT2D eigenvalue weighted by atomic mass is 10.1. The van der Waals surface area contributed by atoms with Crippen molar-refractivity contribution in [2.75, 3.05) is 38.8 Å². The SMILES string of the molecule is C/C(=N\NC(=O)c1nnn(-c2nonc2N)c1CN1CCOCC1)c1ccc2c(c1)OCO2.Cl. The molecule has 15 heteroatoms. The molecular formula is C19H22ClN9O5. The Labute approximate surface area is 199 Å². The number of nitrogen functional groups attached to an aromatic ring is 1. The molecule has 180 valence electrons. The molecule has 0 atom stereocenters. The first kappa shape index (κ1) is 23.4. The molecule has 4 heterocycles. The number of carbonyl (C=O) groups is 1. The number of nitrogens with one attached hydrogen (secondary N) is 1. The Balaban J connectivity index is 0.00000274. The van der Waals surface area contributed by atoms with E-state index in [-0.39, 0.29) is 36.5 Å². The van der Waals surface area contributed by atoms with Gasteiger partial charge in [-0.2, -0.15) is 9.78 Å². The number of rotatable bonds is 6. The number of anilines is 1. The molecule has 1 saturated heterocycles. The molecule has 0 aliphatic carbocycles. The Morgan fingerprint density at radius 2 is 2.00 bits per heavy atom. The summed E-state index contributed by atoms with van der Waals surface area (Å²) < 4.78 is 22.2. The number of nitrogens with two attached hydrogens (primary N) is 1. The fraction of sp³-hybridized carbons (Fsp3) is 0.368. The van der Waals surface area contributed by atoms with Gasteiger partial charge in [0.05, 0.1) is 24.6 Å². The maximum absolute atomic E-state index is 13.0. The molecule has 34 heavy (non-hydrogen) atoms. The van der Waals surface area contributed by atoms with Crippen molar-refractivity contribution in [1.29, 1.82) is 0 Å². The number of nitrogens with zero attached hydrogens (tertiary/aromatic N) is 7. The smallest absolute Gasteiger partial charge is 0.293 e. The van der Waals surface area contributed by atoms with Crippen LogP contribution in [0.25, 0.3) is 5.82 Å². The molecule has 2 aliphatic rings. The van der Waals surface area contributed by atoms with E-state index < -0.39 is 5.91 Å². The molecule has 0 unspecified atom stereocenters. The molecule has 5 rings (SSSR count). The molecule has 0 spiro atoms. The van der Waals surface area contributed by atoms with Crippen LogP contribution in [-0.4, -0.2) is 74.9 Å². The van der Waals surface area contributed by atoms with Crippen molar-refractivity contribution in [3.05, 3.63) is 35.2 Å². The van der Waals surface area contributed by atoms with Gasteiger partial charge in [-0.25, -0.2) is 10.1 Å². The quantitative estimate of drug-likeness (QED) is 0.361. The van der Waals surface area contributed by atoms with Crippen LogP contribution in [0.5, 0.6) is 11.5 Å². The van der Waals surface area contributed by atoms with Crippen molar-refractivity contribution >= 4 is 29.8 Å². The zero-order valence-corrected chi connectivity index (χ0v) is 18.9. The fourth-order valence-electron chi connectivity index (χ4n) is 3.47. The Morgan fingerprint density at radius 3 is 2.76 bits per heavy atom. The van der Waals surface area contributed by atoms with Crippen LogP contribution in [0, 0.1) is 0 Å². The first-order valence-electron chi connectivity index (χ1n) is 10.2. The number of morpholine rings is 1. The standard InChI is InChI=1S/C19H21N9O5.ClH/c1-11(12-2-3-14-15(8-12)32-10-31-14)21-23-19(29)16-13(9-27-4-6-30-7-5-27)28(26-22-16)18-17(20)24-33-25-18;/h2-3,8H,4-7,9-10H2,1H3,(H2,20,24)(H,23,29);1H/b21-11+;. The Morgan fingerprint density at radius 1 is 1.21 bits per heavy atom. The van der Waals surface area contributed by atoms with E-state index in [2.05, 4.69) is 40.7 Å². The van der Waals surface area contributed by atoms with E-state index in [1.165, 1.54) is 4.68 Å². The van der Waals surface area contributed by atoms with Crippen LogP contribution in [0.1, 0.15) is 28.7 Å². The van der Waals surface area contributed by atoms with Gasteiger partial charge in [-0.3, -0.25) is 9.69 Å². The molecule has 0 bridgehead atoms. The predicted octanol–water partition coefficient (Wildman–Crippen LogP) is 0.369. The number of hydrogen-bond donors (Lipinski definition) is 2. The van der Waals surface area contributed by atoms with E-state index in [4.69, 9.17) is 19.9 Å². The molecule has 0 saturated carbocycles. The van der Waals surface area contributed by atoms with Crippen LogP contribution < -0.4 is 20.6 Å². The number of amides is 1. The number of fused-ring (bicyclic) bond motifs is 1. The van der Waals surface area contributed by atoms with Crippen molar-refractivity contribution in [1.82, 2.24) is 35.6 Å². The summed E-state index contributed by atoms with van der Waals surface area (Å²) in [6.07, 6.45) is 0. The molecule has 1 amide bonds. The van der Waals surface area contributed by atoms with Crippen LogP contribution in [0.15, 0.2) is 27.9 Å². The van der Waals surface area contributed by atoms with Crippen molar-refractivity contribution in [3.8, 4) is 17.3 Å². The van der Waals surface area contributed by atoms with Gasteiger partial charge in [-0.05, 0) is 35.4 Å². The average molecular weight is 492 g/mol. The summed E-state index contributed by atoms with van der Waals surface area (Å²) >= 11 is 0. The van der Waals surface area contributed by atoms with Crippen LogP contribution in [-0.2, 0) is 11.3 Å². The van der Waals surface area contributed by atoms with Gasteiger partial charge >= 0.3 is 0 Å². The summed E-state index contributed by atoms with van der Waals surface area (Å²) in [6, 6.07) is 5.42. The van der Waals surface area contributed by atoms with E-state index >= 15 is 0 Å². The lowest BCUT2D eigenvalue weighted by molar-refractivity contribution is 0.0332. The third-order valence-electron chi connectivity index (χ3n) is 5.27. The summed E-state index contributed by atoms with van der Waals surface area (Å²) in [5.74, 6) is 0.959. The largest absolute Gasteiger partial charge is 0.454 e. The zero-order chi connectivity index (χ0) is 22.8. The summed E-state index contributed by atoms with van der Waals surface area (Å²) in [5, 5.41) is 19.7. The van der Waals surface area contributed by atoms with Crippen LogP contribution >= 0.6 is 12.4 Å². The minimum atomic E-state index is -0.528. The number of hydrogen-bond acceptors (Lipinski definition) is 12. The van der Waals surface area contributed by atoms with E-state index in [1.807, 2.05) is 6.07 Å². The number of carbonyl (C=O) groups excluding carboxylic acids is 1. The monoisotopic (exact) mass is 491 g/mol. The van der Waals surface area contributed by atoms with Gasteiger partial charge < -0.3 is 19.9 Å². The van der Waals surface area contributed by atoms with Crippen molar-refractivity contribution in [2.24, 2.45) is 5.10 Å². The molecule has 2 aliphatic heterocycles. The Bertz CT molecular complexity index is 1200. The second-order valence-electron chi connectivity index (χ2n) is 7.36. The molecule has 0 radical (unpaired) electrons. The Kier molecular flexibility index (Phi) is 6.90. The fourth-order valence-corrected chi connectivity index (χ4v) is 3.47. The lowest BCUT2D eigenvalue weighted by Gasteiger charge is -2.26. The third-order valence-corrected chi connectivity index (χ3v) is 5.27. The maximum atomic E-state index is 13.0. The second-order valence-corrected chi connectivity index (χ2v) is 7.36. The first-order valence-corrected chi connectivity index (χ1v) is 10.2. The van der Waals surface area contributed by atoms with E-state index in [0.29, 0.717) is 55.8 Å². The van der Waals surface area contributed by atoms with Gasteiger partial charge in [0.25, 0.3) is 5.91 Å². The Hall–Kier alpha value is -3.75. The second kappa shape index (κ2) is 10.0. The topological polar surface area (TPSA) is 168 Å². The van der Waals surface area contributed by atoms with E-state index in [9.17, 15) is 4.79 Å². The summed E-state index contributed by atoms with van der Waals surface area (Å²) in [7, 11) is 0. The highest BCUT2D eigenvalue weighted by molar-refractivity contribution is 6.01. The normalized spacial score (nSPS) is 15.7. The number of benzene rings is 1. The third kappa shape index (κ3) is 4.64. The van der Waals surface area contributed by atoms with Crippen molar-refractivity contribution in [2.45, 2.75) is 13.5 Å². The zero-order valence-electron chi connectivity index (χ0n) is 18.1. The highest BCUT2D eigenvalue weighted by Gasteiger charge is 2.26. The average Bonchev–Trinajstić information content (AvgIpc) is 3.57.